The minimum atomic E-state index is -0.713. The lowest BCUT2D eigenvalue weighted by atomic mass is 10.1. The first-order valence-corrected chi connectivity index (χ1v) is 14.5. The number of anilines is 1. The smallest absolute Gasteiger partial charge is 0.410 e. The second-order valence-electron chi connectivity index (χ2n) is 11.0. The largest absolute Gasteiger partial charge is 0.412 e. The van der Waals surface area contributed by atoms with Crippen molar-refractivity contribution in [3.8, 4) is 23.0 Å². The third-order valence-corrected chi connectivity index (χ3v) is 7.97. The molecule has 1 saturated heterocycles. The summed E-state index contributed by atoms with van der Waals surface area (Å²) in [5, 5.41) is 7.87. The summed E-state index contributed by atoms with van der Waals surface area (Å²) in [5.74, 6) is 1.15. The summed E-state index contributed by atoms with van der Waals surface area (Å²) in [4.78, 5) is 40.6. The molecule has 1 atom stereocenters. The second-order valence-corrected chi connectivity index (χ2v) is 11.0. The van der Waals surface area contributed by atoms with Crippen molar-refractivity contribution in [2.45, 2.75) is 31.7 Å². The average molecular weight is 580 g/mol. The van der Waals surface area contributed by atoms with Crippen LogP contribution in [0.1, 0.15) is 25.7 Å². The fourth-order valence-electron chi connectivity index (χ4n) is 5.69. The minimum absolute atomic E-state index is 0.0104. The van der Waals surface area contributed by atoms with Crippen LogP contribution >= 0.6 is 0 Å². The topological polar surface area (TPSA) is 114 Å². The maximum atomic E-state index is 15.5. The molecule has 2 aliphatic rings. The Hall–Kier alpha value is -5.06. The van der Waals surface area contributed by atoms with Gasteiger partial charge in [0.1, 0.15) is 22.9 Å². The normalized spacial score (nSPS) is 16.8. The Kier molecular flexibility index (Phi) is 6.84. The molecule has 0 radical (unpaired) electrons. The highest BCUT2D eigenvalue weighted by Gasteiger charge is 2.35. The fraction of sp³-hybridized carbons (Fsp3) is 0.281. The van der Waals surface area contributed by atoms with Crippen LogP contribution in [0.3, 0.4) is 0 Å². The lowest BCUT2D eigenvalue weighted by Gasteiger charge is -2.33. The van der Waals surface area contributed by atoms with E-state index in [2.05, 4.69) is 15.6 Å². The molecule has 1 saturated carbocycles. The molecule has 3 aromatic carbocycles. The molecule has 2 amide bonds. The predicted octanol–water partition coefficient (Wildman–Crippen LogP) is 5.31. The van der Waals surface area contributed by atoms with Gasteiger partial charge in [0.15, 0.2) is 5.82 Å². The van der Waals surface area contributed by atoms with Crippen molar-refractivity contribution < 1.29 is 18.7 Å². The van der Waals surface area contributed by atoms with Gasteiger partial charge in [-0.15, -0.1) is 0 Å². The zero-order valence-corrected chi connectivity index (χ0v) is 23.6. The number of nitrogens with one attached hydrogen (secondary N) is 2. The number of amides is 2. The third-order valence-electron chi connectivity index (χ3n) is 7.97. The first-order chi connectivity index (χ1) is 21.0. The molecular formula is C32H30FN7O3. The van der Waals surface area contributed by atoms with Crippen LogP contribution in [0, 0.1) is 11.7 Å². The monoisotopic (exact) mass is 579 g/mol. The minimum Gasteiger partial charge on any atom is -0.410 e. The van der Waals surface area contributed by atoms with E-state index in [0.29, 0.717) is 29.7 Å². The summed E-state index contributed by atoms with van der Waals surface area (Å²) >= 11 is 0. The Labute approximate surface area is 246 Å². The molecule has 11 heteroatoms. The van der Waals surface area contributed by atoms with Crippen molar-refractivity contribution in [2.75, 3.05) is 25.5 Å². The number of aromatic nitrogens is 4. The number of nitrogens with zero attached hydrogens (tertiary/aromatic N) is 5. The maximum absolute atomic E-state index is 15.5. The van der Waals surface area contributed by atoms with Crippen molar-refractivity contribution >= 4 is 39.8 Å². The second kappa shape index (κ2) is 11.0. The highest BCUT2D eigenvalue weighted by atomic mass is 19.1. The summed E-state index contributed by atoms with van der Waals surface area (Å²) < 4.78 is 22.5. The molecule has 5 aromatic rings. The number of piperidine rings is 1. The van der Waals surface area contributed by atoms with Crippen molar-refractivity contribution in [3.63, 3.8) is 0 Å². The Morgan fingerprint density at radius 2 is 1.84 bits per heavy atom. The Morgan fingerprint density at radius 3 is 2.65 bits per heavy atom. The zero-order chi connectivity index (χ0) is 29.5. The predicted molar refractivity (Wildman–Crippen MR) is 161 cm³/mol. The molecule has 7 rings (SSSR count). The molecule has 1 unspecified atom stereocenters. The number of hydrogen-bond acceptors (Lipinski definition) is 7. The highest BCUT2D eigenvalue weighted by molar-refractivity contribution is 5.90. The Bertz CT molecular complexity index is 1870. The number of fused-ring (bicyclic) bond motifs is 2. The van der Waals surface area contributed by atoms with Crippen LogP contribution in [0.5, 0.6) is 5.75 Å². The van der Waals surface area contributed by atoms with Crippen molar-refractivity contribution in [2.24, 2.45) is 5.92 Å². The number of carbonyl (C=O) groups is 2. The lowest BCUT2D eigenvalue weighted by molar-refractivity contribution is -0.133. The first kappa shape index (κ1) is 26.8. The number of hydrogen-bond donors (Lipinski definition) is 2. The molecule has 3 heterocycles. The summed E-state index contributed by atoms with van der Waals surface area (Å²) in [6.45, 7) is 1.38. The summed E-state index contributed by atoms with van der Waals surface area (Å²) in [5.41, 5.74) is 1.25. The molecule has 1 aliphatic heterocycles. The van der Waals surface area contributed by atoms with E-state index in [0.717, 1.165) is 54.6 Å². The van der Waals surface area contributed by atoms with Gasteiger partial charge in [-0.3, -0.25) is 9.36 Å². The van der Waals surface area contributed by atoms with Gasteiger partial charge >= 0.3 is 6.09 Å². The molecule has 2 fully saturated rings. The molecule has 2 aromatic heterocycles. The number of rotatable bonds is 6. The van der Waals surface area contributed by atoms with Gasteiger partial charge in [0.2, 0.25) is 11.9 Å². The first-order valence-electron chi connectivity index (χ1n) is 14.5. The number of carbonyl (C=O) groups excluding carboxylic acids is 2. The Morgan fingerprint density at radius 1 is 1.00 bits per heavy atom. The van der Waals surface area contributed by atoms with Crippen LogP contribution in [-0.4, -0.2) is 62.6 Å². The molecule has 0 bridgehead atoms. The molecule has 0 spiro atoms. The molecule has 218 valence electrons. The van der Waals surface area contributed by atoms with Crippen molar-refractivity contribution in [3.05, 3.63) is 72.7 Å². The van der Waals surface area contributed by atoms with Gasteiger partial charge in [-0.2, -0.15) is 4.98 Å². The number of halogens is 1. The van der Waals surface area contributed by atoms with Gasteiger partial charge in [-0.25, -0.2) is 19.2 Å². The summed E-state index contributed by atoms with van der Waals surface area (Å²) in [6, 6.07) is 18.4. The van der Waals surface area contributed by atoms with E-state index in [1.807, 2.05) is 47.4 Å². The molecular weight excluding hydrogens is 549 g/mol. The van der Waals surface area contributed by atoms with E-state index in [1.165, 1.54) is 7.05 Å². The molecule has 43 heavy (non-hydrogen) atoms. The van der Waals surface area contributed by atoms with Crippen molar-refractivity contribution in [1.29, 1.82) is 0 Å². The average Bonchev–Trinajstić information content (AvgIpc) is 3.80. The van der Waals surface area contributed by atoms with Gasteiger partial charge in [0.25, 0.3) is 0 Å². The fourth-order valence-corrected chi connectivity index (χ4v) is 5.69. The number of benzene rings is 3. The van der Waals surface area contributed by atoms with E-state index in [4.69, 9.17) is 14.7 Å². The number of imidazole rings is 1. The number of likely N-dealkylation sites (tertiary alicyclic amines) is 1. The summed E-state index contributed by atoms with van der Waals surface area (Å²) in [6.07, 6.45) is 4.68. The maximum Gasteiger partial charge on any atom is 0.412 e. The standard InChI is InChI=1S/C32H30FN7O3/c1-34-32(42)43-24-16-25(33)28-26(17-24)40(29(38-28)22-11-8-19-5-2-3-6-21(19)15-22)27-12-13-35-31(37-27)36-23-7-4-14-39(18-23)30(41)20-9-10-20/h2-3,5-6,8,11-13,15-17,20,23H,4,7,9-10,14,18H2,1H3,(H,34,42)(H,35,36,37). The van der Waals surface area contributed by atoms with E-state index in [9.17, 15) is 9.59 Å². The number of ether oxygens (including phenoxy) is 1. The lowest BCUT2D eigenvalue weighted by Crippen LogP contribution is -2.45. The van der Waals surface area contributed by atoms with Crippen molar-refractivity contribution in [1.82, 2.24) is 29.7 Å². The zero-order valence-electron chi connectivity index (χ0n) is 23.6. The van der Waals surface area contributed by atoms with Crippen LogP contribution in [0.2, 0.25) is 0 Å². The van der Waals surface area contributed by atoms with Crippen LogP contribution in [0.4, 0.5) is 15.1 Å². The van der Waals surface area contributed by atoms with E-state index in [1.54, 1.807) is 22.9 Å². The molecule has 2 N–H and O–H groups in total. The molecule has 1 aliphatic carbocycles. The molecule has 10 nitrogen and oxygen atoms in total. The van der Waals surface area contributed by atoms with Gasteiger partial charge < -0.3 is 20.3 Å². The summed E-state index contributed by atoms with van der Waals surface area (Å²) in [7, 11) is 1.43. The van der Waals surface area contributed by atoms with Crippen LogP contribution < -0.4 is 15.4 Å². The Balaban J connectivity index is 1.30. The van der Waals surface area contributed by atoms with Crippen LogP contribution in [0.25, 0.3) is 39.0 Å². The van der Waals surface area contributed by atoms with E-state index >= 15 is 4.39 Å². The van der Waals surface area contributed by atoms with Gasteiger partial charge in [-0.05, 0) is 48.6 Å². The van der Waals surface area contributed by atoms with Gasteiger partial charge in [0, 0.05) is 56.0 Å². The van der Waals surface area contributed by atoms with E-state index < -0.39 is 11.9 Å². The van der Waals surface area contributed by atoms with Crippen LogP contribution in [-0.2, 0) is 4.79 Å². The van der Waals surface area contributed by atoms with E-state index in [-0.39, 0.29) is 29.1 Å². The van der Waals surface area contributed by atoms with Gasteiger partial charge in [0.05, 0.1) is 5.52 Å². The van der Waals surface area contributed by atoms with Crippen LogP contribution in [0.15, 0.2) is 66.9 Å². The SMILES string of the molecule is CNC(=O)Oc1cc(F)c2nc(-c3ccc4ccccc4c3)n(-c3ccnc(NC4CCCN(C(=O)C5CC5)C4)n3)c2c1. The highest BCUT2D eigenvalue weighted by Crippen LogP contribution is 2.34. The third kappa shape index (κ3) is 5.33. The van der Waals surface area contributed by atoms with Gasteiger partial charge in [-0.1, -0.05) is 36.4 Å². The quantitative estimate of drug-likeness (QED) is 0.280.